The van der Waals surface area contributed by atoms with Gasteiger partial charge in [0.25, 0.3) is 5.91 Å². The molecular weight excluding hydrogens is 318 g/mol. The lowest BCUT2D eigenvalue weighted by Crippen LogP contribution is -2.13. The van der Waals surface area contributed by atoms with E-state index in [1.54, 1.807) is 12.1 Å². The van der Waals surface area contributed by atoms with Gasteiger partial charge >= 0.3 is 5.97 Å². The molecule has 2 rings (SSSR count). The van der Waals surface area contributed by atoms with Crippen molar-refractivity contribution in [1.29, 1.82) is 0 Å². The van der Waals surface area contributed by atoms with Crippen molar-refractivity contribution in [1.82, 2.24) is 0 Å². The lowest BCUT2D eigenvalue weighted by molar-refractivity contribution is 0.0696. The summed E-state index contributed by atoms with van der Waals surface area (Å²) in [6.07, 6.45) is 0.881. The first-order chi connectivity index (χ1) is 11.0. The zero-order valence-electron chi connectivity index (χ0n) is 12.7. The minimum absolute atomic E-state index is 0.0348. The van der Waals surface area contributed by atoms with E-state index in [4.69, 9.17) is 21.4 Å². The van der Waals surface area contributed by atoms with E-state index >= 15 is 0 Å². The molecule has 0 aliphatic rings. The first-order valence-corrected chi connectivity index (χ1v) is 7.35. The van der Waals surface area contributed by atoms with E-state index in [2.05, 4.69) is 5.32 Å². The maximum atomic E-state index is 12.3. The van der Waals surface area contributed by atoms with Gasteiger partial charge in [-0.3, -0.25) is 4.79 Å². The number of methoxy groups -OCH3 is 1. The first kappa shape index (κ1) is 16.8. The number of carbonyl (C=O) groups excluding carboxylic acids is 1. The van der Waals surface area contributed by atoms with Crippen LogP contribution < -0.4 is 10.1 Å². The zero-order valence-corrected chi connectivity index (χ0v) is 13.5. The third-order valence-corrected chi connectivity index (χ3v) is 3.65. The topological polar surface area (TPSA) is 75.6 Å². The summed E-state index contributed by atoms with van der Waals surface area (Å²) in [5.41, 5.74) is 1.76. The summed E-state index contributed by atoms with van der Waals surface area (Å²) in [6.45, 7) is 2.03. The van der Waals surface area contributed by atoms with E-state index in [1.807, 2.05) is 19.1 Å². The van der Waals surface area contributed by atoms with E-state index in [0.29, 0.717) is 5.56 Å². The number of ether oxygens (including phenoxy) is 1. The predicted octanol–water partition coefficient (Wildman–Crippen LogP) is 3.86. The Morgan fingerprint density at radius 2 is 1.83 bits per heavy atom. The van der Waals surface area contributed by atoms with E-state index in [0.717, 1.165) is 12.0 Å². The Labute approximate surface area is 138 Å². The number of amides is 1. The van der Waals surface area contributed by atoms with Crippen molar-refractivity contribution in [2.24, 2.45) is 0 Å². The van der Waals surface area contributed by atoms with Gasteiger partial charge in [0.15, 0.2) is 5.75 Å². The summed E-state index contributed by atoms with van der Waals surface area (Å²) in [4.78, 5) is 23.4. The van der Waals surface area contributed by atoms with E-state index in [9.17, 15) is 9.59 Å². The summed E-state index contributed by atoms with van der Waals surface area (Å²) < 4.78 is 5.14. The maximum absolute atomic E-state index is 12.3. The highest BCUT2D eigenvalue weighted by atomic mass is 35.5. The van der Waals surface area contributed by atoms with E-state index in [1.165, 1.54) is 19.2 Å². The molecule has 0 spiro atoms. The number of aromatic carboxylic acids is 1. The molecule has 0 bridgehead atoms. The monoisotopic (exact) mass is 333 g/mol. The molecule has 2 N–H and O–H groups in total. The molecule has 2 aromatic carbocycles. The molecule has 2 aromatic rings. The summed E-state index contributed by atoms with van der Waals surface area (Å²) in [5.74, 6) is -1.29. The number of carbonyl (C=O) groups is 2. The van der Waals surface area contributed by atoms with Gasteiger partial charge in [-0.1, -0.05) is 30.7 Å². The minimum atomic E-state index is -1.14. The van der Waals surface area contributed by atoms with Gasteiger partial charge in [0.2, 0.25) is 0 Å². The van der Waals surface area contributed by atoms with Gasteiger partial charge in [0.05, 0.1) is 23.4 Å². The number of rotatable bonds is 5. The van der Waals surface area contributed by atoms with Crippen molar-refractivity contribution in [3.8, 4) is 5.75 Å². The van der Waals surface area contributed by atoms with Gasteiger partial charge in [0.1, 0.15) is 0 Å². The van der Waals surface area contributed by atoms with Gasteiger partial charge in [-0.15, -0.1) is 0 Å². The Balaban J connectivity index is 2.33. The molecule has 0 aliphatic heterocycles. The molecule has 120 valence electrons. The summed E-state index contributed by atoms with van der Waals surface area (Å²) >= 11 is 6.01. The van der Waals surface area contributed by atoms with Crippen LogP contribution in [0.4, 0.5) is 5.69 Å². The predicted molar refractivity (Wildman–Crippen MR) is 88.7 cm³/mol. The van der Waals surface area contributed by atoms with Crippen molar-refractivity contribution >= 4 is 29.2 Å². The second kappa shape index (κ2) is 7.15. The number of nitrogens with one attached hydrogen (secondary N) is 1. The first-order valence-electron chi connectivity index (χ1n) is 6.97. The molecule has 0 saturated carbocycles. The molecule has 0 aliphatic carbocycles. The second-order valence-corrected chi connectivity index (χ2v) is 5.26. The standard InChI is InChI=1S/C17H16ClNO4/c1-3-10-4-6-11(7-5-10)16(20)19-14-9-12(17(21)22)8-13(18)15(14)23-2/h4-9H,3H2,1-2H3,(H,19,20)(H,21,22). The molecule has 5 nitrogen and oxygen atoms in total. The van der Waals surface area contributed by atoms with Crippen molar-refractivity contribution in [3.63, 3.8) is 0 Å². The fraction of sp³-hybridized carbons (Fsp3) is 0.176. The molecule has 0 atom stereocenters. The molecule has 0 radical (unpaired) electrons. The Kier molecular flexibility index (Phi) is 5.24. The highest BCUT2D eigenvalue weighted by Crippen LogP contribution is 2.34. The summed E-state index contributed by atoms with van der Waals surface area (Å²) in [6, 6.07) is 9.74. The molecule has 23 heavy (non-hydrogen) atoms. The van der Waals surface area contributed by atoms with Crippen molar-refractivity contribution in [3.05, 3.63) is 58.1 Å². The largest absolute Gasteiger partial charge is 0.493 e. The van der Waals surface area contributed by atoms with Gasteiger partial charge in [-0.05, 0) is 36.2 Å². The van der Waals surface area contributed by atoms with Crippen LogP contribution in [0.25, 0.3) is 0 Å². The number of hydrogen-bond donors (Lipinski definition) is 2. The third-order valence-electron chi connectivity index (χ3n) is 3.37. The highest BCUT2D eigenvalue weighted by Gasteiger charge is 2.16. The lowest BCUT2D eigenvalue weighted by atomic mass is 10.1. The molecule has 0 aromatic heterocycles. The van der Waals surface area contributed by atoms with Crippen LogP contribution in [0.3, 0.4) is 0 Å². The number of carboxylic acid groups (broad SMARTS) is 1. The fourth-order valence-corrected chi connectivity index (χ4v) is 2.40. The SMILES string of the molecule is CCc1ccc(C(=O)Nc2cc(C(=O)O)cc(Cl)c2OC)cc1. The molecular formula is C17H16ClNO4. The number of aryl methyl sites for hydroxylation is 1. The summed E-state index contributed by atoms with van der Waals surface area (Å²) in [5, 5.41) is 11.8. The Morgan fingerprint density at radius 3 is 2.35 bits per heavy atom. The van der Waals surface area contributed by atoms with Crippen molar-refractivity contribution in [2.45, 2.75) is 13.3 Å². The van der Waals surface area contributed by atoms with Gasteiger partial charge in [-0.25, -0.2) is 4.79 Å². The van der Waals surface area contributed by atoms with Crippen LogP contribution in [-0.4, -0.2) is 24.1 Å². The number of benzene rings is 2. The van der Waals surface area contributed by atoms with Gasteiger partial charge < -0.3 is 15.2 Å². The molecule has 0 unspecified atom stereocenters. The number of halogens is 1. The Hall–Kier alpha value is -2.53. The highest BCUT2D eigenvalue weighted by molar-refractivity contribution is 6.33. The molecule has 0 saturated heterocycles. The second-order valence-electron chi connectivity index (χ2n) is 4.85. The number of anilines is 1. The van der Waals surface area contributed by atoms with Crippen LogP contribution in [0, 0.1) is 0 Å². The smallest absolute Gasteiger partial charge is 0.335 e. The van der Waals surface area contributed by atoms with E-state index in [-0.39, 0.29) is 27.9 Å². The minimum Gasteiger partial charge on any atom is -0.493 e. The number of carboxylic acids is 1. The third kappa shape index (κ3) is 3.81. The van der Waals surface area contributed by atoms with Gasteiger partial charge in [-0.2, -0.15) is 0 Å². The van der Waals surface area contributed by atoms with Crippen LogP contribution in [0.15, 0.2) is 36.4 Å². The normalized spacial score (nSPS) is 10.2. The van der Waals surface area contributed by atoms with Crippen LogP contribution >= 0.6 is 11.6 Å². The molecule has 6 heteroatoms. The molecule has 1 amide bonds. The lowest BCUT2D eigenvalue weighted by Gasteiger charge is -2.13. The average Bonchev–Trinajstić information content (AvgIpc) is 2.54. The quantitative estimate of drug-likeness (QED) is 0.871. The Morgan fingerprint density at radius 1 is 1.17 bits per heavy atom. The van der Waals surface area contributed by atoms with Crippen LogP contribution in [0.2, 0.25) is 5.02 Å². The van der Waals surface area contributed by atoms with Crippen molar-refractivity contribution in [2.75, 3.05) is 12.4 Å². The molecule has 0 heterocycles. The van der Waals surface area contributed by atoms with Crippen molar-refractivity contribution < 1.29 is 19.4 Å². The van der Waals surface area contributed by atoms with Crippen LogP contribution in [0.5, 0.6) is 5.75 Å². The maximum Gasteiger partial charge on any atom is 0.335 e. The average molecular weight is 334 g/mol. The van der Waals surface area contributed by atoms with E-state index < -0.39 is 5.97 Å². The summed E-state index contributed by atoms with van der Waals surface area (Å²) in [7, 11) is 1.40. The number of hydrogen-bond acceptors (Lipinski definition) is 3. The zero-order chi connectivity index (χ0) is 17.0. The molecule has 0 fully saturated rings. The Bertz CT molecular complexity index is 741. The van der Waals surface area contributed by atoms with Crippen LogP contribution in [0.1, 0.15) is 33.2 Å². The fourth-order valence-electron chi connectivity index (χ4n) is 2.10. The van der Waals surface area contributed by atoms with Gasteiger partial charge in [0, 0.05) is 5.56 Å². The van der Waals surface area contributed by atoms with Crippen LogP contribution in [-0.2, 0) is 6.42 Å².